The first-order chi connectivity index (χ1) is 4.29. The summed E-state index contributed by atoms with van der Waals surface area (Å²) < 4.78 is 0. The van der Waals surface area contributed by atoms with Crippen LogP contribution in [-0.4, -0.2) is 21.9 Å². The number of rotatable bonds is 1. The summed E-state index contributed by atoms with van der Waals surface area (Å²) in [6.45, 7) is 5.56. The lowest BCUT2D eigenvalue weighted by Crippen LogP contribution is -2.15. The van der Waals surface area contributed by atoms with Gasteiger partial charge in [0.2, 0.25) is 0 Å². The Labute approximate surface area is 60.7 Å². The average molecular weight is 149 g/mol. The maximum Gasteiger partial charge on any atom is 0.402 e. The Morgan fingerprint density at radius 1 is 1.60 bits per heavy atom. The lowest BCUT2D eigenvalue weighted by Gasteiger charge is -2.11. The molecule has 0 saturated carbocycles. The maximum absolute atomic E-state index is 8.83. The molecule has 0 aromatic heterocycles. The SMILES string of the molecule is CCC(C)(C)O.NC(=O)O. The van der Waals surface area contributed by atoms with Gasteiger partial charge in [-0.15, -0.1) is 0 Å². The van der Waals surface area contributed by atoms with Crippen LogP contribution < -0.4 is 5.73 Å². The minimum absolute atomic E-state index is 0.458. The van der Waals surface area contributed by atoms with Gasteiger partial charge in [-0.2, -0.15) is 0 Å². The van der Waals surface area contributed by atoms with Gasteiger partial charge in [0.05, 0.1) is 5.60 Å². The fourth-order valence-electron chi connectivity index (χ4n) is 0. The average Bonchev–Trinajstić information content (AvgIpc) is 1.63. The molecule has 0 heterocycles. The molecule has 0 aliphatic carbocycles. The van der Waals surface area contributed by atoms with Crippen LogP contribution in [0.1, 0.15) is 27.2 Å². The monoisotopic (exact) mass is 149 g/mol. The summed E-state index contributed by atoms with van der Waals surface area (Å²) in [6.07, 6.45) is -0.507. The Bertz CT molecular complexity index is 91.7. The number of aliphatic hydroxyl groups is 1. The van der Waals surface area contributed by atoms with Gasteiger partial charge in [0, 0.05) is 0 Å². The normalized spacial score (nSPS) is 9.60. The van der Waals surface area contributed by atoms with E-state index in [1.165, 1.54) is 0 Å². The summed E-state index contributed by atoms with van der Waals surface area (Å²) in [6, 6.07) is 0. The molecule has 0 radical (unpaired) electrons. The van der Waals surface area contributed by atoms with Crippen LogP contribution in [0.2, 0.25) is 0 Å². The van der Waals surface area contributed by atoms with E-state index in [0.717, 1.165) is 6.42 Å². The molecule has 0 aliphatic rings. The van der Waals surface area contributed by atoms with Gasteiger partial charge in [-0.05, 0) is 20.3 Å². The minimum Gasteiger partial charge on any atom is -0.465 e. The van der Waals surface area contributed by atoms with Gasteiger partial charge in [0.1, 0.15) is 0 Å². The van der Waals surface area contributed by atoms with E-state index in [9.17, 15) is 0 Å². The standard InChI is InChI=1S/C5H12O.CH3NO2/c1-4-5(2,3)6;2-1(3)4/h6H,4H2,1-3H3;2H2,(H,3,4). The van der Waals surface area contributed by atoms with E-state index in [-0.39, 0.29) is 0 Å². The number of carboxylic acid groups (broad SMARTS) is 1. The molecule has 0 rings (SSSR count). The summed E-state index contributed by atoms with van der Waals surface area (Å²) in [5.41, 5.74) is 3.57. The third kappa shape index (κ3) is 56.4. The zero-order valence-electron chi connectivity index (χ0n) is 6.59. The number of hydrogen-bond donors (Lipinski definition) is 3. The van der Waals surface area contributed by atoms with E-state index in [2.05, 4.69) is 5.73 Å². The highest BCUT2D eigenvalue weighted by Gasteiger charge is 2.05. The molecule has 0 fully saturated rings. The smallest absolute Gasteiger partial charge is 0.402 e. The van der Waals surface area contributed by atoms with E-state index in [1.54, 1.807) is 13.8 Å². The van der Waals surface area contributed by atoms with Crippen molar-refractivity contribution in [3.05, 3.63) is 0 Å². The zero-order valence-corrected chi connectivity index (χ0v) is 6.59. The summed E-state index contributed by atoms with van der Waals surface area (Å²) in [5, 5.41) is 16.0. The minimum atomic E-state index is -1.33. The molecular formula is C6H15NO3. The van der Waals surface area contributed by atoms with Crippen molar-refractivity contribution in [1.29, 1.82) is 0 Å². The molecule has 1 amide bonds. The molecule has 0 aromatic carbocycles. The van der Waals surface area contributed by atoms with E-state index in [4.69, 9.17) is 15.0 Å². The second-order valence-electron chi connectivity index (χ2n) is 2.50. The molecule has 0 bridgehead atoms. The van der Waals surface area contributed by atoms with Crippen LogP contribution in [0.15, 0.2) is 0 Å². The van der Waals surface area contributed by atoms with Gasteiger partial charge in [-0.25, -0.2) is 4.79 Å². The number of nitrogens with two attached hydrogens (primary N) is 1. The largest absolute Gasteiger partial charge is 0.465 e. The second-order valence-corrected chi connectivity index (χ2v) is 2.50. The number of carbonyl (C=O) groups is 1. The van der Waals surface area contributed by atoms with Crippen LogP contribution in [0.5, 0.6) is 0 Å². The van der Waals surface area contributed by atoms with Crippen LogP contribution in [0.3, 0.4) is 0 Å². The summed E-state index contributed by atoms with van der Waals surface area (Å²) in [4.78, 5) is 8.78. The van der Waals surface area contributed by atoms with Crippen molar-refractivity contribution in [2.75, 3.05) is 0 Å². The van der Waals surface area contributed by atoms with E-state index in [0.29, 0.717) is 0 Å². The number of hydrogen-bond acceptors (Lipinski definition) is 2. The van der Waals surface area contributed by atoms with Crippen molar-refractivity contribution in [3.63, 3.8) is 0 Å². The predicted molar refractivity (Wildman–Crippen MR) is 38.8 cm³/mol. The molecule has 0 unspecified atom stereocenters. The second kappa shape index (κ2) is 5.05. The van der Waals surface area contributed by atoms with Gasteiger partial charge in [-0.1, -0.05) is 6.92 Å². The molecule has 4 nitrogen and oxygen atoms in total. The first-order valence-electron chi connectivity index (χ1n) is 3.00. The van der Waals surface area contributed by atoms with Gasteiger partial charge in [0.25, 0.3) is 0 Å². The molecule has 10 heavy (non-hydrogen) atoms. The summed E-state index contributed by atoms with van der Waals surface area (Å²) in [5.74, 6) is 0. The third-order valence-electron chi connectivity index (χ3n) is 0.865. The van der Waals surface area contributed by atoms with Crippen LogP contribution in [0.4, 0.5) is 4.79 Å². The predicted octanol–water partition coefficient (Wildman–Crippen LogP) is 0.790. The van der Waals surface area contributed by atoms with Crippen LogP contribution in [-0.2, 0) is 0 Å². The van der Waals surface area contributed by atoms with Gasteiger partial charge < -0.3 is 15.9 Å². The van der Waals surface area contributed by atoms with Gasteiger partial charge in [-0.3, -0.25) is 0 Å². The topological polar surface area (TPSA) is 83.5 Å². The molecule has 0 aliphatic heterocycles. The van der Waals surface area contributed by atoms with E-state index < -0.39 is 11.7 Å². The molecule has 4 heteroatoms. The quantitative estimate of drug-likeness (QED) is 0.515. The molecule has 4 N–H and O–H groups in total. The molecule has 0 atom stereocenters. The van der Waals surface area contributed by atoms with Crippen molar-refractivity contribution in [1.82, 2.24) is 0 Å². The highest BCUT2D eigenvalue weighted by atomic mass is 16.4. The highest BCUT2D eigenvalue weighted by Crippen LogP contribution is 2.03. The molecule has 0 saturated heterocycles. The fraction of sp³-hybridized carbons (Fsp3) is 0.833. The molecule has 62 valence electrons. The Morgan fingerprint density at radius 2 is 1.70 bits per heavy atom. The van der Waals surface area contributed by atoms with Gasteiger partial charge in [0.15, 0.2) is 0 Å². The Balaban J connectivity index is 0. The van der Waals surface area contributed by atoms with Crippen LogP contribution >= 0.6 is 0 Å². The molecule has 0 aromatic rings. The summed E-state index contributed by atoms with van der Waals surface area (Å²) in [7, 11) is 0. The first kappa shape index (κ1) is 12.0. The highest BCUT2D eigenvalue weighted by molar-refractivity contribution is 5.61. The lowest BCUT2D eigenvalue weighted by molar-refractivity contribution is 0.0765. The number of amides is 1. The molecule has 0 spiro atoms. The molecular weight excluding hydrogens is 134 g/mol. The van der Waals surface area contributed by atoms with Crippen molar-refractivity contribution >= 4 is 6.09 Å². The van der Waals surface area contributed by atoms with Gasteiger partial charge >= 0.3 is 6.09 Å². The van der Waals surface area contributed by atoms with E-state index in [1.807, 2.05) is 6.92 Å². The Hall–Kier alpha value is -0.770. The fourth-order valence-corrected chi connectivity index (χ4v) is 0. The van der Waals surface area contributed by atoms with Crippen molar-refractivity contribution in [3.8, 4) is 0 Å². The Morgan fingerprint density at radius 3 is 1.70 bits per heavy atom. The van der Waals surface area contributed by atoms with Crippen LogP contribution in [0, 0.1) is 0 Å². The maximum atomic E-state index is 8.83. The number of primary amides is 1. The van der Waals surface area contributed by atoms with Crippen molar-refractivity contribution in [2.24, 2.45) is 5.73 Å². The zero-order chi connectivity index (χ0) is 8.78. The third-order valence-corrected chi connectivity index (χ3v) is 0.865. The van der Waals surface area contributed by atoms with E-state index >= 15 is 0 Å². The van der Waals surface area contributed by atoms with Crippen LogP contribution in [0.25, 0.3) is 0 Å². The Kier molecular flexibility index (Phi) is 6.04. The van der Waals surface area contributed by atoms with Crippen molar-refractivity contribution < 1.29 is 15.0 Å². The first-order valence-corrected chi connectivity index (χ1v) is 3.00. The summed E-state index contributed by atoms with van der Waals surface area (Å²) >= 11 is 0. The lowest BCUT2D eigenvalue weighted by atomic mass is 10.1. The van der Waals surface area contributed by atoms with Crippen molar-refractivity contribution in [2.45, 2.75) is 32.8 Å².